The molecular formula is C19H21N7O. The summed E-state index contributed by atoms with van der Waals surface area (Å²) in [4.78, 5) is 12.2. The summed E-state index contributed by atoms with van der Waals surface area (Å²) in [6, 6.07) is 3.98. The molecule has 0 radical (unpaired) electrons. The molecule has 0 saturated heterocycles. The van der Waals surface area contributed by atoms with Crippen LogP contribution in [0.15, 0.2) is 12.1 Å². The molecule has 1 aliphatic rings. The smallest absolute Gasteiger partial charge is 0.151 e. The minimum absolute atomic E-state index is 0.432. The highest BCUT2D eigenvalue weighted by Crippen LogP contribution is 2.47. The number of ether oxygens (including phenoxy) is 1. The molecule has 1 saturated carbocycles. The third-order valence-electron chi connectivity index (χ3n) is 5.21. The Morgan fingerprint density at radius 2 is 1.96 bits per heavy atom. The number of rotatable bonds is 3. The third-order valence-corrected chi connectivity index (χ3v) is 5.21. The van der Waals surface area contributed by atoms with Gasteiger partial charge in [0.1, 0.15) is 17.3 Å². The molecule has 0 unspecified atom stereocenters. The van der Waals surface area contributed by atoms with Gasteiger partial charge in [-0.3, -0.25) is 4.68 Å². The van der Waals surface area contributed by atoms with Crippen molar-refractivity contribution in [3.05, 3.63) is 23.7 Å². The largest absolute Gasteiger partial charge is 0.494 e. The Labute approximate surface area is 155 Å². The second-order valence-electron chi connectivity index (χ2n) is 7.15. The average molecular weight is 363 g/mol. The number of nitrogens with two attached hydrogens (primary N) is 2. The molecule has 0 spiro atoms. The van der Waals surface area contributed by atoms with Gasteiger partial charge in [0.05, 0.1) is 40.7 Å². The minimum Gasteiger partial charge on any atom is -0.494 e. The predicted octanol–water partition coefficient (Wildman–Crippen LogP) is 2.87. The molecule has 1 aliphatic carbocycles. The second kappa shape index (κ2) is 5.35. The van der Waals surface area contributed by atoms with Gasteiger partial charge in [-0.1, -0.05) is 0 Å². The van der Waals surface area contributed by atoms with Gasteiger partial charge in [-0.15, -0.1) is 0 Å². The molecule has 4 aromatic rings. The summed E-state index contributed by atoms with van der Waals surface area (Å²) in [6.07, 6.45) is 2.38. The van der Waals surface area contributed by atoms with E-state index < -0.39 is 0 Å². The van der Waals surface area contributed by atoms with E-state index in [1.165, 1.54) is 12.8 Å². The monoisotopic (exact) mass is 363 g/mol. The number of H-pyrrole nitrogens is 1. The van der Waals surface area contributed by atoms with Crippen LogP contribution in [0.2, 0.25) is 0 Å². The van der Waals surface area contributed by atoms with Gasteiger partial charge in [-0.2, -0.15) is 5.10 Å². The molecule has 138 valence electrons. The fourth-order valence-electron chi connectivity index (χ4n) is 3.87. The van der Waals surface area contributed by atoms with Crippen LogP contribution in [0.3, 0.4) is 0 Å². The van der Waals surface area contributed by atoms with Crippen molar-refractivity contribution >= 4 is 33.4 Å². The van der Waals surface area contributed by atoms with Crippen molar-refractivity contribution in [2.45, 2.75) is 25.7 Å². The molecule has 1 aromatic carbocycles. The van der Waals surface area contributed by atoms with Crippen molar-refractivity contribution in [3.63, 3.8) is 0 Å². The summed E-state index contributed by atoms with van der Waals surface area (Å²) in [5.41, 5.74) is 17.6. The van der Waals surface area contributed by atoms with Crippen LogP contribution < -0.4 is 16.2 Å². The summed E-state index contributed by atoms with van der Waals surface area (Å²) in [5, 5.41) is 6.39. The topological polar surface area (TPSA) is 121 Å². The van der Waals surface area contributed by atoms with Gasteiger partial charge in [0, 0.05) is 18.4 Å². The fraction of sp³-hybridized carbons (Fsp3) is 0.316. The van der Waals surface area contributed by atoms with Gasteiger partial charge in [0.15, 0.2) is 5.75 Å². The van der Waals surface area contributed by atoms with Crippen LogP contribution in [0, 0.1) is 6.92 Å². The number of nitrogens with zero attached hydrogens (tertiary/aromatic N) is 4. The minimum atomic E-state index is 0.432. The molecule has 0 aliphatic heterocycles. The number of aromatic amines is 1. The van der Waals surface area contributed by atoms with Crippen LogP contribution in [-0.4, -0.2) is 31.8 Å². The Hall–Kier alpha value is -3.29. The molecule has 3 aromatic heterocycles. The van der Waals surface area contributed by atoms with Crippen LogP contribution in [0.5, 0.6) is 5.75 Å². The SMILES string of the molecule is COc1c(N)cc2[nH]c3nc(C)nc(N)c3c2c1-c1cc(C2CC2)nn1C. The molecular weight excluding hydrogens is 342 g/mol. The molecule has 8 nitrogen and oxygen atoms in total. The van der Waals surface area contributed by atoms with E-state index >= 15 is 0 Å². The summed E-state index contributed by atoms with van der Waals surface area (Å²) in [6.45, 7) is 1.82. The summed E-state index contributed by atoms with van der Waals surface area (Å²) in [5.74, 6) is 2.20. The first-order valence-corrected chi connectivity index (χ1v) is 8.94. The Morgan fingerprint density at radius 1 is 1.19 bits per heavy atom. The van der Waals surface area contributed by atoms with Crippen LogP contribution >= 0.6 is 0 Å². The third kappa shape index (κ3) is 2.26. The van der Waals surface area contributed by atoms with Gasteiger partial charge in [0.25, 0.3) is 0 Å². The van der Waals surface area contributed by atoms with Gasteiger partial charge in [-0.25, -0.2) is 9.97 Å². The highest BCUT2D eigenvalue weighted by Gasteiger charge is 2.29. The molecule has 5 N–H and O–H groups in total. The average Bonchev–Trinajstić information content (AvgIpc) is 3.29. The number of aromatic nitrogens is 5. The van der Waals surface area contributed by atoms with E-state index in [9.17, 15) is 0 Å². The fourth-order valence-corrected chi connectivity index (χ4v) is 3.87. The Bertz CT molecular complexity index is 1220. The zero-order chi connectivity index (χ0) is 18.9. The highest BCUT2D eigenvalue weighted by atomic mass is 16.5. The molecule has 5 rings (SSSR count). The zero-order valence-corrected chi connectivity index (χ0v) is 15.5. The maximum atomic E-state index is 6.31. The maximum Gasteiger partial charge on any atom is 0.151 e. The number of nitrogen functional groups attached to an aromatic ring is 2. The molecule has 1 fully saturated rings. The molecule has 0 bridgehead atoms. The van der Waals surface area contributed by atoms with Crippen molar-refractivity contribution in [2.75, 3.05) is 18.6 Å². The first-order chi connectivity index (χ1) is 13.0. The summed E-state index contributed by atoms with van der Waals surface area (Å²) < 4.78 is 7.58. The highest BCUT2D eigenvalue weighted by molar-refractivity contribution is 6.19. The van der Waals surface area contributed by atoms with Crippen LogP contribution in [0.25, 0.3) is 33.2 Å². The number of fused-ring (bicyclic) bond motifs is 3. The molecule has 3 heterocycles. The lowest BCUT2D eigenvalue weighted by Crippen LogP contribution is -2.01. The number of aryl methyl sites for hydroxylation is 2. The van der Waals surface area contributed by atoms with Crippen molar-refractivity contribution in [1.29, 1.82) is 0 Å². The number of nitrogens with one attached hydrogen (secondary N) is 1. The lowest BCUT2D eigenvalue weighted by atomic mass is 10.0. The van der Waals surface area contributed by atoms with E-state index in [0.717, 1.165) is 33.2 Å². The van der Waals surface area contributed by atoms with Gasteiger partial charge in [0.2, 0.25) is 0 Å². The Balaban J connectivity index is 1.94. The van der Waals surface area contributed by atoms with Crippen molar-refractivity contribution in [3.8, 4) is 17.0 Å². The van der Waals surface area contributed by atoms with Crippen LogP contribution in [0.4, 0.5) is 11.5 Å². The van der Waals surface area contributed by atoms with Crippen molar-refractivity contribution < 1.29 is 4.74 Å². The van der Waals surface area contributed by atoms with E-state index in [0.29, 0.717) is 34.6 Å². The van der Waals surface area contributed by atoms with Gasteiger partial charge < -0.3 is 21.2 Å². The standard InChI is InChI=1S/C19H21N7O/c1-8-22-18(21)16-14-12(24-19(16)23-8)6-10(20)17(27-3)15(14)13-7-11(9-4-5-9)25-26(13)2/h6-7,9H,4-5,20H2,1-3H3,(H3,21,22,23,24). The van der Waals surface area contributed by atoms with E-state index in [4.69, 9.17) is 21.3 Å². The number of anilines is 2. The van der Waals surface area contributed by atoms with E-state index in [-0.39, 0.29) is 0 Å². The summed E-state index contributed by atoms with van der Waals surface area (Å²) >= 11 is 0. The number of hydrogen-bond acceptors (Lipinski definition) is 6. The predicted molar refractivity (Wildman–Crippen MR) is 106 cm³/mol. The quantitative estimate of drug-likeness (QED) is 0.481. The zero-order valence-electron chi connectivity index (χ0n) is 15.5. The lowest BCUT2D eigenvalue weighted by Gasteiger charge is -2.13. The van der Waals surface area contributed by atoms with Crippen molar-refractivity contribution in [1.82, 2.24) is 24.7 Å². The second-order valence-corrected chi connectivity index (χ2v) is 7.15. The molecule has 27 heavy (non-hydrogen) atoms. The van der Waals surface area contributed by atoms with E-state index in [2.05, 4.69) is 21.0 Å². The van der Waals surface area contributed by atoms with E-state index in [1.807, 2.05) is 24.7 Å². The number of benzene rings is 1. The van der Waals surface area contributed by atoms with Crippen molar-refractivity contribution in [2.24, 2.45) is 7.05 Å². The Kier molecular flexibility index (Phi) is 3.16. The molecule has 8 heteroatoms. The van der Waals surface area contributed by atoms with Crippen LogP contribution in [-0.2, 0) is 7.05 Å². The van der Waals surface area contributed by atoms with Crippen LogP contribution in [0.1, 0.15) is 30.3 Å². The normalized spacial score (nSPS) is 14.3. The molecule has 0 atom stereocenters. The number of methoxy groups -OCH3 is 1. The maximum absolute atomic E-state index is 6.31. The van der Waals surface area contributed by atoms with E-state index in [1.54, 1.807) is 7.11 Å². The first kappa shape index (κ1) is 15.9. The summed E-state index contributed by atoms with van der Waals surface area (Å²) in [7, 11) is 3.56. The lowest BCUT2D eigenvalue weighted by molar-refractivity contribution is 0.418. The molecule has 0 amide bonds. The number of hydrogen-bond donors (Lipinski definition) is 3. The van der Waals surface area contributed by atoms with Gasteiger partial charge >= 0.3 is 0 Å². The Morgan fingerprint density at radius 3 is 2.67 bits per heavy atom. The van der Waals surface area contributed by atoms with Gasteiger partial charge in [-0.05, 0) is 31.9 Å². The first-order valence-electron chi connectivity index (χ1n) is 8.94.